The topological polar surface area (TPSA) is 137 Å². The summed E-state index contributed by atoms with van der Waals surface area (Å²) in [5.41, 5.74) is 1.70. The van der Waals surface area contributed by atoms with E-state index in [-0.39, 0.29) is 11.8 Å². The number of esters is 1. The van der Waals surface area contributed by atoms with Gasteiger partial charge in [0.25, 0.3) is 0 Å². The van der Waals surface area contributed by atoms with Crippen LogP contribution >= 0.6 is 0 Å². The number of hydrogen-bond acceptors (Lipinski definition) is 8. The Hall–Kier alpha value is -5.44. The molecule has 0 bridgehead atoms. The number of ether oxygens (including phenoxy) is 5. The third-order valence-electron chi connectivity index (χ3n) is 7.31. The molecule has 0 aliphatic rings. The van der Waals surface area contributed by atoms with Crippen molar-refractivity contribution in [1.82, 2.24) is 0 Å². The smallest absolute Gasteiger partial charge is 0.372 e. The molecule has 0 radical (unpaired) electrons. The van der Waals surface area contributed by atoms with Gasteiger partial charge in [0.15, 0.2) is 0 Å². The minimum absolute atomic E-state index is 0.0667. The second kappa shape index (κ2) is 17.9. The molecule has 0 saturated heterocycles. The lowest BCUT2D eigenvalue weighted by Gasteiger charge is -2.16. The molecule has 0 heterocycles. The van der Waals surface area contributed by atoms with Crippen molar-refractivity contribution in [3.05, 3.63) is 108 Å². The van der Waals surface area contributed by atoms with Crippen LogP contribution in [0.1, 0.15) is 62.1 Å². The summed E-state index contributed by atoms with van der Waals surface area (Å²) < 4.78 is 28.8. The molecule has 0 spiro atoms. The Labute approximate surface area is 275 Å². The fraction of sp³-hybridized carbons (Fsp3) is 0.263. The summed E-state index contributed by atoms with van der Waals surface area (Å²) in [6.45, 7) is 7.12. The number of fused-ring (bicyclic) bond motifs is 1. The number of benzene rings is 4. The summed E-state index contributed by atoms with van der Waals surface area (Å²) in [7, 11) is 0. The van der Waals surface area contributed by atoms with Gasteiger partial charge in [0.05, 0.1) is 25.4 Å². The number of nitrogens with one attached hydrogen (secondary N) is 2. The lowest BCUT2D eigenvalue weighted by atomic mass is 10.0. The van der Waals surface area contributed by atoms with Crippen molar-refractivity contribution in [1.29, 1.82) is 10.8 Å². The standard InChI is InChI=1S/C38H41N3O6/c1-3-5-22-43-30-18-14-27(15-19-30)37(40)46-34-25-29(26-39)36(33-13-9-8-12-32(33)34)47-38(41)28-16-20-31(21-17-28)44-23-10-6-7-11-24-45-35(42)4-2/h4,8-9,12-21,25-26,39-41H,2-3,5-7,10-11,22-24H2,1H3/p+1. The maximum Gasteiger partial charge on any atom is 0.372 e. The fourth-order valence-electron chi connectivity index (χ4n) is 4.71. The van der Waals surface area contributed by atoms with E-state index >= 15 is 0 Å². The second-order valence-electron chi connectivity index (χ2n) is 10.8. The van der Waals surface area contributed by atoms with Crippen molar-refractivity contribution >= 4 is 34.8 Å². The van der Waals surface area contributed by atoms with Gasteiger partial charge in [-0.15, -0.1) is 0 Å². The summed E-state index contributed by atoms with van der Waals surface area (Å²) in [5.74, 6) is 2.06. The molecule has 4 N–H and O–H groups in total. The number of carbonyl (C=O) groups is 1. The van der Waals surface area contributed by atoms with E-state index in [0.29, 0.717) is 59.1 Å². The Kier molecular flexibility index (Phi) is 13.1. The van der Waals surface area contributed by atoms with Gasteiger partial charge in [-0.25, -0.2) is 10.2 Å². The summed E-state index contributed by atoms with van der Waals surface area (Å²) in [6, 6.07) is 23.7. The van der Waals surface area contributed by atoms with Crippen LogP contribution in [0, 0.1) is 10.8 Å². The fourth-order valence-corrected chi connectivity index (χ4v) is 4.71. The van der Waals surface area contributed by atoms with Gasteiger partial charge >= 0.3 is 11.9 Å². The third-order valence-corrected chi connectivity index (χ3v) is 7.31. The quantitative estimate of drug-likeness (QED) is 0.0367. The van der Waals surface area contributed by atoms with Crippen LogP contribution < -0.4 is 24.4 Å². The van der Waals surface area contributed by atoms with E-state index < -0.39 is 5.97 Å². The molecule has 4 aromatic carbocycles. The van der Waals surface area contributed by atoms with E-state index in [9.17, 15) is 4.79 Å². The zero-order valence-corrected chi connectivity index (χ0v) is 26.8. The van der Waals surface area contributed by atoms with Crippen molar-refractivity contribution in [3.63, 3.8) is 0 Å². The molecule has 244 valence electrons. The first-order chi connectivity index (χ1) is 22.9. The molecule has 47 heavy (non-hydrogen) atoms. The van der Waals surface area contributed by atoms with Gasteiger partial charge in [-0.2, -0.15) is 0 Å². The van der Waals surface area contributed by atoms with Gasteiger partial charge in [0.1, 0.15) is 23.0 Å². The van der Waals surface area contributed by atoms with Gasteiger partial charge in [-0.05, 0) is 86.7 Å². The van der Waals surface area contributed by atoms with Crippen LogP contribution in [0.15, 0.2) is 91.5 Å². The predicted molar refractivity (Wildman–Crippen MR) is 184 cm³/mol. The normalized spacial score (nSPS) is 10.6. The molecule has 4 rings (SSSR count). The third kappa shape index (κ3) is 10.0. The highest BCUT2D eigenvalue weighted by Crippen LogP contribution is 2.37. The molecular formula is C38H42N3O6+. The van der Waals surface area contributed by atoms with Gasteiger partial charge < -0.3 is 29.1 Å². The van der Waals surface area contributed by atoms with E-state index in [1.54, 1.807) is 30.3 Å². The van der Waals surface area contributed by atoms with Crippen LogP contribution in [-0.4, -0.2) is 43.8 Å². The zero-order chi connectivity index (χ0) is 33.4. The summed E-state index contributed by atoms with van der Waals surface area (Å²) in [5, 5.41) is 24.6. The minimum Gasteiger partial charge on any atom is -0.494 e. The number of nitrogens with two attached hydrogens (primary N) is 1. The van der Waals surface area contributed by atoms with Crippen molar-refractivity contribution < 1.29 is 33.9 Å². The Morgan fingerprint density at radius 3 is 2.00 bits per heavy atom. The Morgan fingerprint density at radius 1 is 0.787 bits per heavy atom. The van der Waals surface area contributed by atoms with Crippen LogP contribution in [-0.2, 0) is 9.53 Å². The first-order valence-electron chi connectivity index (χ1n) is 15.8. The average molecular weight is 637 g/mol. The highest BCUT2D eigenvalue weighted by molar-refractivity contribution is 6.05. The summed E-state index contributed by atoms with van der Waals surface area (Å²) >= 11 is 0. The number of hydrogen-bond donors (Lipinski definition) is 3. The first-order valence-corrected chi connectivity index (χ1v) is 15.8. The maximum atomic E-state index is 11.1. The van der Waals surface area contributed by atoms with E-state index in [2.05, 4.69) is 13.5 Å². The lowest BCUT2D eigenvalue weighted by molar-refractivity contribution is -0.137. The van der Waals surface area contributed by atoms with Crippen LogP contribution in [0.3, 0.4) is 0 Å². The maximum absolute atomic E-state index is 11.1. The SMILES string of the molecule is C=CC(=O)OCCCCCCOc1ccc(C(=N)Oc2c(C=N)cc(OC(=[NH2+])c3ccc(OCCCC)cc3)c3ccccc23)cc1. The van der Waals surface area contributed by atoms with E-state index in [1.165, 1.54) is 12.3 Å². The second-order valence-corrected chi connectivity index (χ2v) is 10.8. The molecule has 0 aliphatic carbocycles. The molecule has 4 aromatic rings. The van der Waals surface area contributed by atoms with Gasteiger partial charge in [-0.1, -0.05) is 44.2 Å². The lowest BCUT2D eigenvalue weighted by Crippen LogP contribution is -2.44. The van der Waals surface area contributed by atoms with Gasteiger partial charge in [0.2, 0.25) is 5.90 Å². The number of carbonyl (C=O) groups excluding carboxylic acids is 1. The van der Waals surface area contributed by atoms with Crippen molar-refractivity contribution in [3.8, 4) is 23.0 Å². The first kappa shape index (κ1) is 34.4. The Balaban J connectivity index is 1.37. The van der Waals surface area contributed by atoms with Crippen LogP contribution in [0.25, 0.3) is 10.8 Å². The molecule has 0 aliphatic heterocycles. The highest BCUT2D eigenvalue weighted by atomic mass is 16.5. The molecule has 0 aromatic heterocycles. The number of rotatable bonds is 18. The predicted octanol–water partition coefficient (Wildman–Crippen LogP) is 6.67. The molecular weight excluding hydrogens is 594 g/mol. The van der Waals surface area contributed by atoms with Gasteiger partial charge in [-0.3, -0.25) is 5.41 Å². The molecule has 0 amide bonds. The largest absolute Gasteiger partial charge is 0.494 e. The summed E-state index contributed by atoms with van der Waals surface area (Å²) in [4.78, 5) is 11.1. The Bertz CT molecular complexity index is 1680. The van der Waals surface area contributed by atoms with Crippen molar-refractivity contribution in [2.24, 2.45) is 0 Å². The molecule has 0 unspecified atom stereocenters. The van der Waals surface area contributed by atoms with Crippen molar-refractivity contribution in [2.75, 3.05) is 19.8 Å². The molecule has 9 nitrogen and oxygen atoms in total. The summed E-state index contributed by atoms with van der Waals surface area (Å²) in [6.07, 6.45) is 7.97. The Morgan fingerprint density at radius 2 is 1.38 bits per heavy atom. The van der Waals surface area contributed by atoms with Crippen molar-refractivity contribution in [2.45, 2.75) is 45.4 Å². The van der Waals surface area contributed by atoms with E-state index in [1.807, 2.05) is 48.5 Å². The number of unbranched alkanes of at least 4 members (excludes halogenated alkanes) is 4. The molecule has 0 atom stereocenters. The van der Waals surface area contributed by atoms with E-state index in [4.69, 9.17) is 39.9 Å². The van der Waals surface area contributed by atoms with E-state index in [0.717, 1.165) is 49.7 Å². The van der Waals surface area contributed by atoms with Crippen LogP contribution in [0.2, 0.25) is 0 Å². The average Bonchev–Trinajstić information content (AvgIpc) is 3.10. The zero-order valence-electron chi connectivity index (χ0n) is 26.8. The molecule has 0 fully saturated rings. The van der Waals surface area contributed by atoms with Crippen LogP contribution in [0.4, 0.5) is 0 Å². The molecule has 9 heteroatoms. The highest BCUT2D eigenvalue weighted by Gasteiger charge is 2.19. The monoisotopic (exact) mass is 636 g/mol. The van der Waals surface area contributed by atoms with Crippen LogP contribution in [0.5, 0.6) is 23.0 Å². The minimum atomic E-state index is -0.395. The van der Waals surface area contributed by atoms with Gasteiger partial charge in [0, 0.05) is 34.2 Å². The molecule has 0 saturated carbocycles.